The first kappa shape index (κ1) is 16.4. The summed E-state index contributed by atoms with van der Waals surface area (Å²) in [5.41, 5.74) is 0.974. The van der Waals surface area contributed by atoms with E-state index in [2.05, 4.69) is 23.1 Å². The van der Waals surface area contributed by atoms with Crippen molar-refractivity contribution in [3.63, 3.8) is 0 Å². The monoisotopic (exact) mass is 279 g/mol. The molecule has 108 valence electrons. The quantitative estimate of drug-likeness (QED) is 0.583. The molecule has 0 aliphatic heterocycles. The molecule has 2 rings (SSSR count). The number of para-hydroxylation sites is 1. The van der Waals surface area contributed by atoms with E-state index >= 15 is 0 Å². The highest BCUT2D eigenvalue weighted by atomic mass is 15.2. The molecule has 2 aromatic rings. The van der Waals surface area contributed by atoms with Crippen LogP contribution in [0.5, 0.6) is 0 Å². The van der Waals surface area contributed by atoms with E-state index in [1.54, 1.807) is 12.3 Å². The number of nitrogens with zero attached hydrogens (tertiary/aromatic N) is 3. The van der Waals surface area contributed by atoms with Gasteiger partial charge in [0.2, 0.25) is 0 Å². The Hall–Kier alpha value is -2.68. The normalized spacial score (nSPS) is 10.1. The van der Waals surface area contributed by atoms with Gasteiger partial charge in [-0.3, -0.25) is 4.90 Å². The lowest BCUT2D eigenvalue weighted by Gasteiger charge is -2.23. The molecule has 0 spiro atoms. The second kappa shape index (κ2) is 9.26. The van der Waals surface area contributed by atoms with Gasteiger partial charge in [0.05, 0.1) is 0 Å². The Balaban J connectivity index is 0.00000106. The van der Waals surface area contributed by atoms with E-state index in [4.69, 9.17) is 0 Å². The molecule has 0 saturated heterocycles. The third kappa shape index (κ3) is 4.42. The molecule has 1 aromatic carbocycles. The number of hydrogen-bond acceptors (Lipinski definition) is 2. The number of amidine groups is 1. The van der Waals surface area contributed by atoms with E-state index in [1.807, 2.05) is 67.3 Å². The van der Waals surface area contributed by atoms with Crippen molar-refractivity contribution in [2.45, 2.75) is 13.8 Å². The number of anilines is 2. The van der Waals surface area contributed by atoms with Crippen molar-refractivity contribution >= 4 is 17.3 Å². The summed E-state index contributed by atoms with van der Waals surface area (Å²) >= 11 is 0. The van der Waals surface area contributed by atoms with E-state index in [-0.39, 0.29) is 0 Å². The van der Waals surface area contributed by atoms with Gasteiger partial charge in [-0.15, -0.1) is 0 Å². The summed E-state index contributed by atoms with van der Waals surface area (Å²) < 4.78 is 0. The van der Waals surface area contributed by atoms with Gasteiger partial charge < -0.3 is 0 Å². The van der Waals surface area contributed by atoms with Crippen molar-refractivity contribution in [2.24, 2.45) is 4.99 Å². The third-order valence-corrected chi connectivity index (χ3v) is 2.53. The highest BCUT2D eigenvalue weighted by molar-refractivity contribution is 6.10. The van der Waals surface area contributed by atoms with Crippen LogP contribution in [0.1, 0.15) is 13.8 Å². The number of rotatable bonds is 4. The summed E-state index contributed by atoms with van der Waals surface area (Å²) in [5.74, 6) is 1.47. The molecule has 0 atom stereocenters. The van der Waals surface area contributed by atoms with E-state index in [0.717, 1.165) is 11.5 Å². The van der Waals surface area contributed by atoms with Crippen LogP contribution in [0.3, 0.4) is 0 Å². The van der Waals surface area contributed by atoms with Crippen molar-refractivity contribution < 1.29 is 0 Å². The zero-order valence-corrected chi connectivity index (χ0v) is 12.6. The minimum Gasteiger partial charge on any atom is -0.279 e. The molecule has 21 heavy (non-hydrogen) atoms. The lowest BCUT2D eigenvalue weighted by molar-refractivity contribution is 1.21. The number of pyridine rings is 1. The van der Waals surface area contributed by atoms with Gasteiger partial charge in [0.25, 0.3) is 0 Å². The summed E-state index contributed by atoms with van der Waals surface area (Å²) in [7, 11) is 0. The molecule has 0 N–H and O–H groups in total. The Morgan fingerprint density at radius 2 is 1.71 bits per heavy atom. The molecule has 1 aromatic heterocycles. The van der Waals surface area contributed by atoms with Gasteiger partial charge in [0.1, 0.15) is 11.7 Å². The van der Waals surface area contributed by atoms with Crippen LogP contribution in [0.2, 0.25) is 0 Å². The van der Waals surface area contributed by atoms with Gasteiger partial charge in [0.15, 0.2) is 0 Å². The largest absolute Gasteiger partial charge is 0.279 e. The number of aromatic nitrogens is 1. The summed E-state index contributed by atoms with van der Waals surface area (Å²) in [5, 5.41) is 0. The molecule has 0 amide bonds. The molecule has 3 heteroatoms. The van der Waals surface area contributed by atoms with E-state index in [1.165, 1.54) is 6.20 Å². The number of benzene rings is 1. The fraction of sp³-hybridized carbons (Fsp3) is 0.111. The third-order valence-electron chi connectivity index (χ3n) is 2.53. The van der Waals surface area contributed by atoms with Crippen LogP contribution in [0.25, 0.3) is 0 Å². The van der Waals surface area contributed by atoms with Gasteiger partial charge in [0, 0.05) is 18.1 Å². The van der Waals surface area contributed by atoms with Crippen LogP contribution in [-0.4, -0.2) is 10.8 Å². The van der Waals surface area contributed by atoms with Crippen LogP contribution in [0.15, 0.2) is 85.2 Å². The second-order valence-electron chi connectivity index (χ2n) is 3.73. The van der Waals surface area contributed by atoms with Crippen molar-refractivity contribution in [2.75, 3.05) is 4.90 Å². The zero-order valence-electron chi connectivity index (χ0n) is 12.6. The summed E-state index contributed by atoms with van der Waals surface area (Å²) in [6.45, 7) is 11.4. The fourth-order valence-corrected chi connectivity index (χ4v) is 1.74. The molecule has 0 bridgehead atoms. The fourth-order valence-electron chi connectivity index (χ4n) is 1.74. The Morgan fingerprint density at radius 3 is 2.24 bits per heavy atom. The molecule has 3 nitrogen and oxygen atoms in total. The standard InChI is InChI=1S/C16H15N3.C2H6/c1-3-15(17-4-2)19(14-10-6-5-7-11-14)16-12-8-9-13-18-16;1-2/h3-13H,1-2H2;1-2H3. The highest BCUT2D eigenvalue weighted by Gasteiger charge is 2.13. The molecule has 0 fully saturated rings. The average Bonchev–Trinajstić information content (AvgIpc) is 2.58. The van der Waals surface area contributed by atoms with Gasteiger partial charge in [-0.05, 0) is 30.3 Å². The predicted molar refractivity (Wildman–Crippen MR) is 92.0 cm³/mol. The van der Waals surface area contributed by atoms with Gasteiger partial charge >= 0.3 is 0 Å². The van der Waals surface area contributed by atoms with Crippen molar-refractivity contribution in [3.8, 4) is 0 Å². The van der Waals surface area contributed by atoms with E-state index in [9.17, 15) is 0 Å². The first-order valence-corrected chi connectivity index (χ1v) is 6.94. The molecule has 1 heterocycles. The Bertz CT molecular complexity index is 534. The van der Waals surface area contributed by atoms with Crippen LogP contribution < -0.4 is 4.90 Å². The van der Waals surface area contributed by atoms with Gasteiger partial charge in [-0.2, -0.15) is 0 Å². The van der Waals surface area contributed by atoms with E-state index < -0.39 is 0 Å². The maximum absolute atomic E-state index is 4.37. The molecule has 0 radical (unpaired) electrons. The van der Waals surface area contributed by atoms with Crippen LogP contribution in [0.4, 0.5) is 11.5 Å². The number of hydrogen-bond donors (Lipinski definition) is 0. The van der Waals surface area contributed by atoms with Crippen molar-refractivity contribution in [1.82, 2.24) is 4.98 Å². The van der Waals surface area contributed by atoms with Crippen LogP contribution in [-0.2, 0) is 0 Å². The SMILES string of the molecule is C=CN=C(C=C)N(c1ccccc1)c1ccccn1.CC. The summed E-state index contributed by atoms with van der Waals surface area (Å²) in [6.07, 6.45) is 4.93. The van der Waals surface area contributed by atoms with Gasteiger partial charge in [-0.25, -0.2) is 9.98 Å². The maximum Gasteiger partial charge on any atom is 0.138 e. The minimum atomic E-state index is 0.680. The minimum absolute atomic E-state index is 0.680. The van der Waals surface area contributed by atoms with Gasteiger partial charge in [-0.1, -0.05) is 51.3 Å². The van der Waals surface area contributed by atoms with E-state index in [0.29, 0.717) is 5.84 Å². The molecule has 0 aliphatic carbocycles. The molecule has 0 unspecified atom stereocenters. The Morgan fingerprint density at radius 1 is 1.05 bits per heavy atom. The second-order valence-corrected chi connectivity index (χ2v) is 3.73. The van der Waals surface area contributed by atoms with Crippen LogP contribution >= 0.6 is 0 Å². The van der Waals surface area contributed by atoms with Crippen molar-refractivity contribution in [3.05, 3.63) is 80.2 Å². The summed E-state index contributed by atoms with van der Waals surface area (Å²) in [4.78, 5) is 10.5. The molecule has 0 aliphatic rings. The first-order chi connectivity index (χ1) is 10.4. The average molecular weight is 279 g/mol. The Labute approximate surface area is 127 Å². The molecule has 0 saturated carbocycles. The molecular weight excluding hydrogens is 258 g/mol. The topological polar surface area (TPSA) is 28.5 Å². The Kier molecular flexibility index (Phi) is 7.22. The van der Waals surface area contributed by atoms with Crippen LogP contribution in [0, 0.1) is 0 Å². The molecular formula is C18H21N3. The smallest absolute Gasteiger partial charge is 0.138 e. The zero-order chi connectivity index (χ0) is 15.5. The lowest BCUT2D eigenvalue weighted by atomic mass is 10.2. The summed E-state index contributed by atoms with van der Waals surface area (Å²) in [6, 6.07) is 15.7. The number of aliphatic imine (C=N–C) groups is 1. The van der Waals surface area contributed by atoms with Crippen molar-refractivity contribution in [1.29, 1.82) is 0 Å². The highest BCUT2D eigenvalue weighted by Crippen LogP contribution is 2.23. The predicted octanol–water partition coefficient (Wildman–Crippen LogP) is 4.97. The lowest BCUT2D eigenvalue weighted by Crippen LogP contribution is -2.24. The first-order valence-electron chi connectivity index (χ1n) is 6.94. The maximum atomic E-state index is 4.37.